The van der Waals surface area contributed by atoms with Gasteiger partial charge in [0.25, 0.3) is 0 Å². The first-order valence-electron chi connectivity index (χ1n) is 7.71. The Morgan fingerprint density at radius 1 is 0.889 bits per heavy atom. The highest BCUT2D eigenvalue weighted by atomic mass is 35.5. The molecule has 0 aromatic heterocycles. The van der Waals surface area contributed by atoms with Crippen molar-refractivity contribution in [2.24, 2.45) is 17.3 Å². The molecule has 0 spiro atoms. The minimum Gasteiger partial charge on any atom is -0.0933 e. The molecule has 2 aliphatic rings. The van der Waals surface area contributed by atoms with Gasteiger partial charge in [0, 0.05) is 11.0 Å². The minimum absolute atomic E-state index is 0.266. The Morgan fingerprint density at radius 2 is 1.50 bits per heavy atom. The van der Waals surface area contributed by atoms with Gasteiger partial charge in [0.2, 0.25) is 0 Å². The summed E-state index contributed by atoms with van der Waals surface area (Å²) in [5.41, 5.74) is 1.99. The highest BCUT2D eigenvalue weighted by molar-refractivity contribution is 6.25. The molecule has 0 aliphatic heterocycles. The second kappa shape index (κ2) is 6.80. The van der Waals surface area contributed by atoms with E-state index in [1.165, 1.54) is 57.8 Å². The van der Waals surface area contributed by atoms with Crippen molar-refractivity contribution >= 4 is 11.6 Å². The molecule has 2 fully saturated rings. The molecule has 0 amide bonds. The van der Waals surface area contributed by atoms with Crippen LogP contribution < -0.4 is 0 Å². The van der Waals surface area contributed by atoms with E-state index in [0.717, 1.165) is 11.8 Å². The summed E-state index contributed by atoms with van der Waals surface area (Å²) in [7, 11) is 0. The van der Waals surface area contributed by atoms with Crippen molar-refractivity contribution in [3.8, 4) is 0 Å². The molecule has 0 nitrogen and oxygen atoms in total. The number of allylic oxidation sites excluding steroid dienone is 3. The zero-order valence-electron chi connectivity index (χ0n) is 11.7. The Labute approximate surface area is 117 Å². The molecule has 0 N–H and O–H groups in total. The summed E-state index contributed by atoms with van der Waals surface area (Å²) in [6.07, 6.45) is 19.6. The van der Waals surface area contributed by atoms with Gasteiger partial charge in [0.05, 0.1) is 0 Å². The predicted molar refractivity (Wildman–Crippen MR) is 80.8 cm³/mol. The van der Waals surface area contributed by atoms with E-state index in [9.17, 15) is 0 Å². The maximum atomic E-state index is 5.83. The van der Waals surface area contributed by atoms with Crippen molar-refractivity contribution in [3.05, 3.63) is 23.8 Å². The molecule has 0 aromatic carbocycles. The van der Waals surface area contributed by atoms with Gasteiger partial charge in [-0.2, -0.15) is 0 Å². The Balaban J connectivity index is 1.92. The molecular formula is C17H27Cl. The summed E-state index contributed by atoms with van der Waals surface area (Å²) < 4.78 is 0. The molecule has 0 saturated heterocycles. The fourth-order valence-electron chi connectivity index (χ4n) is 4.10. The van der Waals surface area contributed by atoms with E-state index >= 15 is 0 Å². The van der Waals surface area contributed by atoms with Gasteiger partial charge in [0.1, 0.15) is 0 Å². The molecule has 0 aromatic rings. The molecular weight excluding hydrogens is 240 g/mol. The fourth-order valence-corrected chi connectivity index (χ4v) is 4.35. The summed E-state index contributed by atoms with van der Waals surface area (Å²) in [5, 5.41) is 0. The zero-order valence-corrected chi connectivity index (χ0v) is 12.5. The van der Waals surface area contributed by atoms with E-state index in [4.69, 9.17) is 11.6 Å². The van der Waals surface area contributed by atoms with Crippen molar-refractivity contribution < 1.29 is 0 Å². The average Bonchev–Trinajstić information content (AvgIpc) is 2.41. The van der Waals surface area contributed by atoms with Crippen LogP contribution in [0.2, 0.25) is 0 Å². The van der Waals surface area contributed by atoms with Crippen LogP contribution >= 0.6 is 11.6 Å². The van der Waals surface area contributed by atoms with Gasteiger partial charge >= 0.3 is 0 Å². The van der Waals surface area contributed by atoms with Crippen LogP contribution in [0.4, 0.5) is 0 Å². The van der Waals surface area contributed by atoms with E-state index < -0.39 is 0 Å². The predicted octanol–water partition coefficient (Wildman–Crippen LogP) is 6.07. The van der Waals surface area contributed by atoms with Crippen molar-refractivity contribution in [2.45, 2.75) is 64.7 Å². The topological polar surface area (TPSA) is 0 Å². The average molecular weight is 267 g/mol. The summed E-state index contributed by atoms with van der Waals surface area (Å²) in [6, 6.07) is 0. The van der Waals surface area contributed by atoms with E-state index in [0.29, 0.717) is 0 Å². The van der Waals surface area contributed by atoms with E-state index in [-0.39, 0.29) is 5.41 Å². The number of hydrogen-bond acceptors (Lipinski definition) is 0. The van der Waals surface area contributed by atoms with Crippen molar-refractivity contribution in [2.75, 3.05) is 0 Å². The monoisotopic (exact) mass is 266 g/mol. The maximum Gasteiger partial charge on any atom is 0.00727 e. The highest BCUT2D eigenvalue weighted by Gasteiger charge is 2.34. The molecule has 2 saturated carbocycles. The molecule has 2 rings (SSSR count). The van der Waals surface area contributed by atoms with Gasteiger partial charge in [-0.3, -0.25) is 0 Å². The first-order valence-corrected chi connectivity index (χ1v) is 8.15. The second-order valence-corrected chi connectivity index (χ2v) is 6.51. The largest absolute Gasteiger partial charge is 0.0933 e. The van der Waals surface area contributed by atoms with E-state index in [1.54, 1.807) is 5.54 Å². The summed E-state index contributed by atoms with van der Waals surface area (Å²) in [5.74, 6) is 2.02. The van der Waals surface area contributed by atoms with Gasteiger partial charge in [-0.1, -0.05) is 61.9 Å². The summed E-state index contributed by atoms with van der Waals surface area (Å²) >= 11 is 5.83. The van der Waals surface area contributed by atoms with Crippen molar-refractivity contribution in [3.63, 3.8) is 0 Å². The van der Waals surface area contributed by atoms with Gasteiger partial charge in [-0.25, -0.2) is 0 Å². The van der Waals surface area contributed by atoms with Crippen LogP contribution in [-0.4, -0.2) is 0 Å². The van der Waals surface area contributed by atoms with Crippen molar-refractivity contribution in [1.29, 1.82) is 0 Å². The molecule has 1 heteroatoms. The molecule has 0 bridgehead atoms. The molecule has 0 heterocycles. The third-order valence-corrected chi connectivity index (χ3v) is 5.30. The minimum atomic E-state index is 0.266. The van der Waals surface area contributed by atoms with Crippen LogP contribution in [0.25, 0.3) is 0 Å². The Morgan fingerprint density at radius 3 is 2.06 bits per heavy atom. The van der Waals surface area contributed by atoms with Crippen LogP contribution in [0.5, 0.6) is 0 Å². The van der Waals surface area contributed by atoms with Crippen LogP contribution in [0.15, 0.2) is 23.8 Å². The first kappa shape index (κ1) is 14.2. The molecule has 0 atom stereocenters. The Kier molecular flexibility index (Phi) is 5.36. The first-order chi connectivity index (χ1) is 8.79. The van der Waals surface area contributed by atoms with Gasteiger partial charge < -0.3 is 0 Å². The Hall–Kier alpha value is -0.230. The lowest BCUT2D eigenvalue weighted by atomic mass is 9.65. The van der Waals surface area contributed by atoms with Gasteiger partial charge in [-0.15, -0.1) is 0 Å². The standard InChI is InChI=1S/C17H27Cl/c1-2-10-17(13-14-18)11-8-16(9-12-17)15-6-4-3-5-7-15/h2,10,13-16H,3-9,11-12H2,1H3/b10-2+,14-13+/t16-,17+. The number of halogens is 1. The molecule has 2 aliphatic carbocycles. The Bertz CT molecular complexity index is 275. The van der Waals surface area contributed by atoms with Crippen LogP contribution in [0.3, 0.4) is 0 Å². The number of hydrogen-bond donors (Lipinski definition) is 0. The summed E-state index contributed by atoms with van der Waals surface area (Å²) in [4.78, 5) is 0. The molecule has 0 radical (unpaired) electrons. The lowest BCUT2D eigenvalue weighted by Gasteiger charge is -2.40. The van der Waals surface area contributed by atoms with E-state index in [2.05, 4.69) is 25.2 Å². The van der Waals surface area contributed by atoms with Crippen molar-refractivity contribution in [1.82, 2.24) is 0 Å². The quantitative estimate of drug-likeness (QED) is 0.544. The highest BCUT2D eigenvalue weighted by Crippen LogP contribution is 2.46. The fraction of sp³-hybridized carbons (Fsp3) is 0.765. The molecule has 0 unspecified atom stereocenters. The third kappa shape index (κ3) is 3.41. The maximum absolute atomic E-state index is 5.83. The molecule has 102 valence electrons. The zero-order chi connectivity index (χ0) is 12.8. The third-order valence-electron chi connectivity index (χ3n) is 5.17. The van der Waals surface area contributed by atoms with Crippen LogP contribution in [-0.2, 0) is 0 Å². The lowest BCUT2D eigenvalue weighted by molar-refractivity contribution is 0.156. The van der Waals surface area contributed by atoms with E-state index in [1.807, 2.05) is 0 Å². The summed E-state index contributed by atoms with van der Waals surface area (Å²) in [6.45, 7) is 2.12. The molecule has 18 heavy (non-hydrogen) atoms. The smallest absolute Gasteiger partial charge is 0.00727 e. The second-order valence-electron chi connectivity index (χ2n) is 6.26. The lowest BCUT2D eigenvalue weighted by Crippen LogP contribution is -2.28. The SMILES string of the molecule is C/C=C/[C@]1(/C=C/Cl)CC[C@@H](C2CCCCC2)CC1. The number of rotatable bonds is 3. The van der Waals surface area contributed by atoms with Crippen LogP contribution in [0.1, 0.15) is 64.7 Å². The van der Waals surface area contributed by atoms with Gasteiger partial charge in [0.15, 0.2) is 0 Å². The van der Waals surface area contributed by atoms with Crippen LogP contribution in [0, 0.1) is 17.3 Å². The normalized spacial score (nSPS) is 35.6. The van der Waals surface area contributed by atoms with Gasteiger partial charge in [-0.05, 0) is 44.4 Å².